The van der Waals surface area contributed by atoms with Gasteiger partial charge in [0.2, 0.25) is 0 Å². The smallest absolute Gasteiger partial charge is 0.188 e. The van der Waals surface area contributed by atoms with E-state index < -0.39 is 0 Å². The van der Waals surface area contributed by atoms with Crippen molar-refractivity contribution in [2.24, 2.45) is 10.7 Å². The molecule has 5 heteroatoms. The Hall–Kier alpha value is -1.52. The Morgan fingerprint density at radius 3 is 3.06 bits per heavy atom. The molecule has 0 aromatic carbocycles. The van der Waals surface area contributed by atoms with Crippen molar-refractivity contribution in [3.8, 4) is 0 Å². The zero-order valence-corrected chi connectivity index (χ0v) is 10.1. The van der Waals surface area contributed by atoms with Crippen LogP contribution in [-0.4, -0.2) is 28.8 Å². The largest absolute Gasteiger partial charge is 0.370 e. The predicted octanol–water partition coefficient (Wildman–Crippen LogP) is 0.896. The first-order valence-electron chi connectivity index (χ1n) is 5.75. The van der Waals surface area contributed by atoms with Gasteiger partial charge in [0.05, 0.1) is 6.20 Å². The van der Waals surface area contributed by atoms with E-state index >= 15 is 0 Å². The number of aryl methyl sites for hydroxylation is 2. The lowest BCUT2D eigenvalue weighted by Crippen LogP contribution is -2.33. The third-order valence-electron chi connectivity index (χ3n) is 2.14. The molecule has 0 unspecified atom stereocenters. The van der Waals surface area contributed by atoms with Crippen molar-refractivity contribution in [2.75, 3.05) is 13.1 Å². The van der Waals surface area contributed by atoms with Crippen molar-refractivity contribution in [3.63, 3.8) is 0 Å². The molecule has 0 atom stereocenters. The number of guanidine groups is 1. The standard InChI is InChI=1S/C11H21N5/c1-3-5-13-11(12)14-6-4-7-16-9-10(2)8-15-16/h8-9H,3-7H2,1-2H3,(H3,12,13,14). The van der Waals surface area contributed by atoms with E-state index in [-0.39, 0.29) is 0 Å². The molecule has 16 heavy (non-hydrogen) atoms. The van der Waals surface area contributed by atoms with Crippen LogP contribution >= 0.6 is 0 Å². The highest BCUT2D eigenvalue weighted by molar-refractivity contribution is 5.77. The second-order valence-corrected chi connectivity index (χ2v) is 3.83. The fourth-order valence-corrected chi connectivity index (χ4v) is 1.33. The molecular formula is C11H21N5. The van der Waals surface area contributed by atoms with E-state index in [0.29, 0.717) is 5.96 Å². The molecule has 3 N–H and O–H groups in total. The lowest BCUT2D eigenvalue weighted by molar-refractivity contribution is 0.572. The second kappa shape index (κ2) is 6.87. The van der Waals surface area contributed by atoms with Gasteiger partial charge in [-0.25, -0.2) is 0 Å². The summed E-state index contributed by atoms with van der Waals surface area (Å²) >= 11 is 0. The molecule has 1 aromatic rings. The maximum atomic E-state index is 5.66. The third-order valence-corrected chi connectivity index (χ3v) is 2.14. The molecule has 1 heterocycles. The van der Waals surface area contributed by atoms with Crippen molar-refractivity contribution in [1.82, 2.24) is 15.1 Å². The number of aliphatic imine (C=N–C) groups is 1. The van der Waals surface area contributed by atoms with Crippen molar-refractivity contribution in [1.29, 1.82) is 0 Å². The Labute approximate surface area is 96.7 Å². The lowest BCUT2D eigenvalue weighted by Gasteiger charge is -2.05. The van der Waals surface area contributed by atoms with Crippen LogP contribution in [0.4, 0.5) is 0 Å². The molecule has 0 fully saturated rings. The van der Waals surface area contributed by atoms with Crippen LogP contribution in [0.3, 0.4) is 0 Å². The summed E-state index contributed by atoms with van der Waals surface area (Å²) in [6.45, 7) is 6.64. The average molecular weight is 223 g/mol. The number of nitrogens with two attached hydrogens (primary N) is 1. The Kier molecular flexibility index (Phi) is 5.39. The van der Waals surface area contributed by atoms with Crippen molar-refractivity contribution in [2.45, 2.75) is 33.2 Å². The number of rotatable bonds is 6. The number of aromatic nitrogens is 2. The first kappa shape index (κ1) is 12.5. The fourth-order valence-electron chi connectivity index (χ4n) is 1.33. The molecular weight excluding hydrogens is 202 g/mol. The molecule has 0 aliphatic carbocycles. The normalized spacial score (nSPS) is 11.8. The summed E-state index contributed by atoms with van der Waals surface area (Å²) in [5, 5.41) is 7.29. The predicted molar refractivity (Wildman–Crippen MR) is 66.4 cm³/mol. The lowest BCUT2D eigenvalue weighted by atomic mass is 10.4. The van der Waals surface area contributed by atoms with E-state index in [2.05, 4.69) is 22.3 Å². The molecule has 5 nitrogen and oxygen atoms in total. The van der Waals surface area contributed by atoms with E-state index in [1.54, 1.807) is 0 Å². The van der Waals surface area contributed by atoms with E-state index in [9.17, 15) is 0 Å². The van der Waals surface area contributed by atoms with Gasteiger partial charge in [0.15, 0.2) is 5.96 Å². The quantitative estimate of drug-likeness (QED) is 0.427. The fraction of sp³-hybridized carbons (Fsp3) is 0.636. The summed E-state index contributed by atoms with van der Waals surface area (Å²) < 4.78 is 1.94. The van der Waals surface area contributed by atoms with Gasteiger partial charge in [-0.15, -0.1) is 0 Å². The van der Waals surface area contributed by atoms with Gasteiger partial charge in [-0.3, -0.25) is 9.67 Å². The van der Waals surface area contributed by atoms with Crippen LogP contribution in [0, 0.1) is 6.92 Å². The van der Waals surface area contributed by atoms with Gasteiger partial charge in [-0.05, 0) is 25.3 Å². The van der Waals surface area contributed by atoms with E-state index in [0.717, 1.165) is 32.5 Å². The molecule has 90 valence electrons. The highest BCUT2D eigenvalue weighted by Crippen LogP contribution is 1.95. The first-order valence-corrected chi connectivity index (χ1v) is 5.75. The summed E-state index contributed by atoms with van der Waals surface area (Å²) in [6.07, 6.45) is 5.91. The molecule has 0 saturated heterocycles. The minimum Gasteiger partial charge on any atom is -0.370 e. The maximum Gasteiger partial charge on any atom is 0.188 e. The van der Waals surface area contributed by atoms with Gasteiger partial charge in [0.1, 0.15) is 0 Å². The Bertz CT molecular complexity index is 329. The van der Waals surface area contributed by atoms with Crippen LogP contribution in [-0.2, 0) is 6.54 Å². The summed E-state index contributed by atoms with van der Waals surface area (Å²) in [5.74, 6) is 0.540. The number of nitrogens with one attached hydrogen (secondary N) is 1. The van der Waals surface area contributed by atoms with Crippen LogP contribution < -0.4 is 11.1 Å². The van der Waals surface area contributed by atoms with Crippen LogP contribution in [0.15, 0.2) is 17.4 Å². The van der Waals surface area contributed by atoms with Crippen LogP contribution in [0.2, 0.25) is 0 Å². The highest BCUT2D eigenvalue weighted by atomic mass is 15.3. The molecule has 0 aliphatic heterocycles. The van der Waals surface area contributed by atoms with Crippen molar-refractivity contribution < 1.29 is 0 Å². The average Bonchev–Trinajstić information content (AvgIpc) is 2.67. The van der Waals surface area contributed by atoms with Crippen LogP contribution in [0.25, 0.3) is 0 Å². The van der Waals surface area contributed by atoms with Crippen molar-refractivity contribution >= 4 is 5.96 Å². The van der Waals surface area contributed by atoms with Gasteiger partial charge in [0.25, 0.3) is 0 Å². The zero-order valence-electron chi connectivity index (χ0n) is 10.1. The molecule has 0 saturated carbocycles. The van der Waals surface area contributed by atoms with E-state index in [1.165, 1.54) is 5.56 Å². The van der Waals surface area contributed by atoms with Crippen molar-refractivity contribution in [3.05, 3.63) is 18.0 Å². The summed E-state index contributed by atoms with van der Waals surface area (Å²) in [4.78, 5) is 4.15. The molecule has 1 aromatic heterocycles. The second-order valence-electron chi connectivity index (χ2n) is 3.83. The monoisotopic (exact) mass is 223 g/mol. The minimum absolute atomic E-state index is 0.540. The molecule has 1 rings (SSSR count). The molecule has 0 aliphatic rings. The van der Waals surface area contributed by atoms with E-state index in [1.807, 2.05) is 24.0 Å². The van der Waals surface area contributed by atoms with Crippen LogP contribution in [0.5, 0.6) is 0 Å². The van der Waals surface area contributed by atoms with Gasteiger partial charge < -0.3 is 11.1 Å². The number of nitrogens with zero attached hydrogens (tertiary/aromatic N) is 3. The SMILES string of the molecule is CCCN=C(N)NCCCn1cc(C)cn1. The zero-order chi connectivity index (χ0) is 11.8. The Morgan fingerprint density at radius 1 is 1.62 bits per heavy atom. The third kappa shape index (κ3) is 4.82. The molecule has 0 radical (unpaired) electrons. The summed E-state index contributed by atoms with van der Waals surface area (Å²) in [7, 11) is 0. The van der Waals surface area contributed by atoms with Gasteiger partial charge in [-0.1, -0.05) is 6.92 Å². The molecule has 0 spiro atoms. The Morgan fingerprint density at radius 2 is 2.44 bits per heavy atom. The minimum atomic E-state index is 0.540. The molecule has 0 amide bonds. The van der Waals surface area contributed by atoms with E-state index in [4.69, 9.17) is 5.73 Å². The maximum absolute atomic E-state index is 5.66. The topological polar surface area (TPSA) is 68.2 Å². The van der Waals surface area contributed by atoms with Gasteiger partial charge in [-0.2, -0.15) is 5.10 Å². The number of hydrogen-bond donors (Lipinski definition) is 2. The Balaban J connectivity index is 2.12. The summed E-state index contributed by atoms with van der Waals surface area (Å²) in [6, 6.07) is 0. The van der Waals surface area contributed by atoms with Gasteiger partial charge in [0, 0.05) is 25.8 Å². The number of hydrogen-bond acceptors (Lipinski definition) is 2. The molecule has 0 bridgehead atoms. The van der Waals surface area contributed by atoms with Crippen LogP contribution in [0.1, 0.15) is 25.3 Å². The summed E-state index contributed by atoms with van der Waals surface area (Å²) in [5.41, 5.74) is 6.85. The van der Waals surface area contributed by atoms with Gasteiger partial charge >= 0.3 is 0 Å². The first-order chi connectivity index (χ1) is 7.72. The highest BCUT2D eigenvalue weighted by Gasteiger charge is 1.94.